The number of carboxylic acid groups (broad SMARTS) is 1. The zero-order valence-corrected chi connectivity index (χ0v) is 8.69. The van der Waals surface area contributed by atoms with E-state index in [9.17, 15) is 9.59 Å². The van der Waals surface area contributed by atoms with E-state index in [4.69, 9.17) is 5.11 Å². The van der Waals surface area contributed by atoms with Gasteiger partial charge in [0, 0.05) is 12.7 Å². The van der Waals surface area contributed by atoms with Gasteiger partial charge in [-0.1, -0.05) is 6.42 Å². The fourth-order valence-corrected chi connectivity index (χ4v) is 1.80. The Bertz CT molecular complexity index is 395. The third kappa shape index (κ3) is 1.78. The zero-order chi connectivity index (χ0) is 11.6. The number of nitrogens with one attached hydrogen (secondary N) is 2. The third-order valence-corrected chi connectivity index (χ3v) is 3.11. The Balaban J connectivity index is 1.92. The number of aromatic amines is 1. The van der Waals surface area contributed by atoms with E-state index in [0.717, 1.165) is 6.42 Å². The van der Waals surface area contributed by atoms with E-state index in [1.165, 1.54) is 12.4 Å². The number of hydrogen-bond donors (Lipinski definition) is 3. The Morgan fingerprint density at radius 3 is 2.75 bits per heavy atom. The molecule has 3 N–H and O–H groups in total. The molecule has 1 fully saturated rings. The van der Waals surface area contributed by atoms with Crippen LogP contribution in [0.25, 0.3) is 0 Å². The van der Waals surface area contributed by atoms with Crippen molar-refractivity contribution in [3.05, 3.63) is 18.0 Å². The fraction of sp³-hybridized carbons (Fsp3) is 0.500. The van der Waals surface area contributed by atoms with Gasteiger partial charge in [0.05, 0.1) is 17.2 Å². The molecule has 1 aromatic rings. The highest BCUT2D eigenvalue weighted by atomic mass is 16.4. The largest absolute Gasteiger partial charge is 0.481 e. The first-order valence-corrected chi connectivity index (χ1v) is 5.14. The summed E-state index contributed by atoms with van der Waals surface area (Å²) >= 11 is 0. The van der Waals surface area contributed by atoms with Crippen LogP contribution in [0.4, 0.5) is 0 Å². The molecule has 1 saturated carbocycles. The van der Waals surface area contributed by atoms with Crippen LogP contribution in [-0.4, -0.2) is 33.7 Å². The Morgan fingerprint density at radius 2 is 2.31 bits per heavy atom. The minimum absolute atomic E-state index is 0.187. The van der Waals surface area contributed by atoms with Gasteiger partial charge in [-0.25, -0.2) is 0 Å². The predicted octanol–water partition coefficient (Wildman–Crippen LogP) is 0.394. The molecule has 1 heterocycles. The van der Waals surface area contributed by atoms with Crippen molar-refractivity contribution in [1.82, 2.24) is 15.5 Å². The van der Waals surface area contributed by atoms with Gasteiger partial charge >= 0.3 is 5.97 Å². The monoisotopic (exact) mass is 223 g/mol. The van der Waals surface area contributed by atoms with E-state index in [-0.39, 0.29) is 12.5 Å². The van der Waals surface area contributed by atoms with Gasteiger partial charge in [0.2, 0.25) is 0 Å². The van der Waals surface area contributed by atoms with E-state index in [0.29, 0.717) is 18.4 Å². The molecule has 1 aliphatic rings. The van der Waals surface area contributed by atoms with Crippen molar-refractivity contribution in [2.45, 2.75) is 19.3 Å². The molecule has 0 atom stereocenters. The first kappa shape index (κ1) is 10.7. The lowest BCUT2D eigenvalue weighted by atomic mass is 9.69. The molecule has 1 aliphatic carbocycles. The average molecular weight is 223 g/mol. The van der Waals surface area contributed by atoms with Crippen molar-refractivity contribution in [1.29, 1.82) is 0 Å². The average Bonchev–Trinajstić information content (AvgIpc) is 2.67. The molecule has 0 spiro atoms. The molecule has 6 nitrogen and oxygen atoms in total. The molecule has 0 aliphatic heterocycles. The quantitative estimate of drug-likeness (QED) is 0.688. The van der Waals surface area contributed by atoms with Crippen LogP contribution in [0.1, 0.15) is 29.6 Å². The van der Waals surface area contributed by atoms with Crippen LogP contribution in [0.15, 0.2) is 12.4 Å². The summed E-state index contributed by atoms with van der Waals surface area (Å²) in [6.45, 7) is 0.187. The first-order chi connectivity index (χ1) is 7.64. The lowest BCUT2D eigenvalue weighted by Crippen LogP contribution is -2.47. The zero-order valence-electron chi connectivity index (χ0n) is 8.69. The van der Waals surface area contributed by atoms with Crippen molar-refractivity contribution in [2.24, 2.45) is 5.41 Å². The second-order valence-electron chi connectivity index (χ2n) is 4.11. The maximum atomic E-state index is 11.6. The topological polar surface area (TPSA) is 95.1 Å². The number of carbonyl (C=O) groups excluding carboxylic acids is 1. The maximum Gasteiger partial charge on any atom is 0.311 e. The van der Waals surface area contributed by atoms with Gasteiger partial charge < -0.3 is 10.4 Å². The Morgan fingerprint density at radius 1 is 1.56 bits per heavy atom. The van der Waals surface area contributed by atoms with Crippen molar-refractivity contribution in [3.63, 3.8) is 0 Å². The summed E-state index contributed by atoms with van der Waals surface area (Å²) in [6, 6.07) is 0. The van der Waals surface area contributed by atoms with Crippen LogP contribution in [0.3, 0.4) is 0 Å². The van der Waals surface area contributed by atoms with Crippen LogP contribution in [0, 0.1) is 5.41 Å². The van der Waals surface area contributed by atoms with Gasteiger partial charge in [0.15, 0.2) is 0 Å². The molecule has 86 valence electrons. The molecule has 0 aromatic carbocycles. The highest BCUT2D eigenvalue weighted by Crippen LogP contribution is 2.40. The number of amides is 1. The van der Waals surface area contributed by atoms with Gasteiger partial charge in [0.25, 0.3) is 5.91 Å². The molecule has 0 radical (unpaired) electrons. The smallest absolute Gasteiger partial charge is 0.311 e. The van der Waals surface area contributed by atoms with Gasteiger partial charge in [0.1, 0.15) is 0 Å². The molecule has 1 aromatic heterocycles. The standard InChI is InChI=1S/C10H13N3O3/c14-8(7-4-12-13-5-7)11-6-10(9(15)16)2-1-3-10/h4-5H,1-3,6H2,(H,11,14)(H,12,13)(H,15,16). The van der Waals surface area contributed by atoms with E-state index < -0.39 is 11.4 Å². The first-order valence-electron chi connectivity index (χ1n) is 5.14. The number of hydrogen-bond acceptors (Lipinski definition) is 3. The van der Waals surface area contributed by atoms with Gasteiger partial charge in [-0.05, 0) is 12.8 Å². The van der Waals surface area contributed by atoms with Crippen LogP contribution >= 0.6 is 0 Å². The SMILES string of the molecule is O=C(NCC1(C(=O)O)CCC1)c1cn[nH]c1. The Hall–Kier alpha value is -1.85. The maximum absolute atomic E-state index is 11.6. The van der Waals surface area contributed by atoms with Crippen LogP contribution < -0.4 is 5.32 Å². The molecule has 0 unspecified atom stereocenters. The minimum Gasteiger partial charge on any atom is -0.481 e. The van der Waals surface area contributed by atoms with Crippen molar-refractivity contribution < 1.29 is 14.7 Å². The highest BCUT2D eigenvalue weighted by Gasteiger charge is 2.44. The second-order valence-corrected chi connectivity index (χ2v) is 4.11. The summed E-state index contributed by atoms with van der Waals surface area (Å²) < 4.78 is 0. The van der Waals surface area contributed by atoms with Crippen LogP contribution in [0.2, 0.25) is 0 Å². The summed E-state index contributed by atoms with van der Waals surface area (Å²) in [6.07, 6.45) is 5.06. The normalized spacial score (nSPS) is 17.5. The summed E-state index contributed by atoms with van der Waals surface area (Å²) in [5, 5.41) is 17.9. The minimum atomic E-state index is -0.828. The molecule has 2 rings (SSSR count). The lowest BCUT2D eigenvalue weighted by molar-refractivity contribution is -0.153. The Kier molecular flexibility index (Phi) is 2.64. The van der Waals surface area contributed by atoms with E-state index in [1.54, 1.807) is 0 Å². The van der Waals surface area contributed by atoms with Gasteiger partial charge in [-0.2, -0.15) is 5.10 Å². The second kappa shape index (κ2) is 3.96. The summed E-state index contributed by atoms with van der Waals surface area (Å²) in [5.41, 5.74) is -0.334. The Labute approximate surface area is 92.0 Å². The number of carbonyl (C=O) groups is 2. The summed E-state index contributed by atoms with van der Waals surface area (Å²) in [4.78, 5) is 22.6. The number of rotatable bonds is 4. The number of H-pyrrole nitrogens is 1. The van der Waals surface area contributed by atoms with Gasteiger partial charge in [-0.3, -0.25) is 14.7 Å². The third-order valence-electron chi connectivity index (χ3n) is 3.11. The molecule has 0 saturated heterocycles. The van der Waals surface area contributed by atoms with Crippen molar-refractivity contribution in [2.75, 3.05) is 6.54 Å². The van der Waals surface area contributed by atoms with E-state index in [1.807, 2.05) is 0 Å². The van der Waals surface area contributed by atoms with E-state index in [2.05, 4.69) is 15.5 Å². The molecule has 16 heavy (non-hydrogen) atoms. The van der Waals surface area contributed by atoms with Crippen LogP contribution in [0.5, 0.6) is 0 Å². The number of aliphatic carboxylic acids is 1. The van der Waals surface area contributed by atoms with Crippen LogP contribution in [-0.2, 0) is 4.79 Å². The lowest BCUT2D eigenvalue weighted by Gasteiger charge is -2.37. The van der Waals surface area contributed by atoms with E-state index >= 15 is 0 Å². The van der Waals surface area contributed by atoms with Crippen molar-refractivity contribution in [3.8, 4) is 0 Å². The van der Waals surface area contributed by atoms with Crippen molar-refractivity contribution >= 4 is 11.9 Å². The fourth-order valence-electron chi connectivity index (χ4n) is 1.80. The number of nitrogens with zero attached hydrogens (tertiary/aromatic N) is 1. The summed E-state index contributed by atoms with van der Waals surface area (Å²) in [5.74, 6) is -1.12. The number of aromatic nitrogens is 2. The predicted molar refractivity (Wildman–Crippen MR) is 54.8 cm³/mol. The summed E-state index contributed by atoms with van der Waals surface area (Å²) in [7, 11) is 0. The highest BCUT2D eigenvalue weighted by molar-refractivity contribution is 5.94. The molecular formula is C10H13N3O3. The molecular weight excluding hydrogens is 210 g/mol. The molecule has 6 heteroatoms. The molecule has 1 amide bonds. The van der Waals surface area contributed by atoms with Gasteiger partial charge in [-0.15, -0.1) is 0 Å². The molecule has 0 bridgehead atoms. The number of carboxylic acids is 1.